The predicted octanol–water partition coefficient (Wildman–Crippen LogP) is 0.876. The van der Waals surface area contributed by atoms with Gasteiger partial charge in [0, 0.05) is 20.6 Å². The highest BCUT2D eigenvalue weighted by Crippen LogP contribution is 2.09. The molecule has 26 heavy (non-hydrogen) atoms. The van der Waals surface area contributed by atoms with Crippen LogP contribution < -0.4 is 15.8 Å². The summed E-state index contributed by atoms with van der Waals surface area (Å²) in [7, 11) is -0.309. The molecule has 4 N–H and O–H groups in total. The monoisotopic (exact) mass is 497 g/mol. The SMILES string of the molecule is CCCCNC(=NCc1ccc(S(N)(=O)=O)cc1)NCC(=O)N(C)C.I. The second kappa shape index (κ2) is 12.1. The van der Waals surface area contributed by atoms with Crippen LogP contribution in [0.5, 0.6) is 0 Å². The highest BCUT2D eigenvalue weighted by molar-refractivity contribution is 14.0. The van der Waals surface area contributed by atoms with Crippen LogP contribution in [0.2, 0.25) is 0 Å². The Morgan fingerprint density at radius 3 is 2.31 bits per heavy atom. The molecule has 10 heteroatoms. The molecule has 0 bridgehead atoms. The Kier molecular flexibility index (Phi) is 11.4. The van der Waals surface area contributed by atoms with Crippen molar-refractivity contribution in [1.29, 1.82) is 0 Å². The van der Waals surface area contributed by atoms with Crippen LogP contribution in [0.1, 0.15) is 25.3 Å². The van der Waals surface area contributed by atoms with Gasteiger partial charge in [-0.25, -0.2) is 18.5 Å². The van der Waals surface area contributed by atoms with Crippen LogP contribution in [0.4, 0.5) is 0 Å². The smallest absolute Gasteiger partial charge is 0.241 e. The summed E-state index contributed by atoms with van der Waals surface area (Å²) in [5, 5.41) is 11.2. The van der Waals surface area contributed by atoms with Crippen molar-refractivity contribution < 1.29 is 13.2 Å². The number of sulfonamides is 1. The highest BCUT2D eigenvalue weighted by atomic mass is 127. The Morgan fingerprint density at radius 1 is 1.19 bits per heavy atom. The van der Waals surface area contributed by atoms with E-state index in [-0.39, 0.29) is 41.3 Å². The average molecular weight is 497 g/mol. The maximum absolute atomic E-state index is 11.7. The Hall–Kier alpha value is -1.40. The Labute approximate surface area is 172 Å². The van der Waals surface area contributed by atoms with E-state index < -0.39 is 10.0 Å². The number of halogens is 1. The molecule has 0 aliphatic heterocycles. The van der Waals surface area contributed by atoms with E-state index in [1.165, 1.54) is 17.0 Å². The molecule has 1 rings (SSSR count). The quantitative estimate of drug-likeness (QED) is 0.213. The molecule has 0 saturated carbocycles. The summed E-state index contributed by atoms with van der Waals surface area (Å²) in [5.41, 5.74) is 0.836. The van der Waals surface area contributed by atoms with Crippen LogP contribution in [-0.2, 0) is 21.4 Å². The molecule has 0 radical (unpaired) electrons. The fourth-order valence-electron chi connectivity index (χ4n) is 1.83. The van der Waals surface area contributed by atoms with Gasteiger partial charge in [0.2, 0.25) is 15.9 Å². The third-order valence-electron chi connectivity index (χ3n) is 3.40. The normalized spacial score (nSPS) is 11.5. The lowest BCUT2D eigenvalue weighted by molar-refractivity contribution is -0.127. The molecule has 1 amide bonds. The maximum atomic E-state index is 11.7. The molecule has 1 aromatic carbocycles. The van der Waals surface area contributed by atoms with E-state index in [4.69, 9.17) is 5.14 Å². The van der Waals surface area contributed by atoms with Gasteiger partial charge >= 0.3 is 0 Å². The second-order valence-corrected chi connectivity index (χ2v) is 7.34. The summed E-state index contributed by atoms with van der Waals surface area (Å²) in [4.78, 5) is 17.7. The van der Waals surface area contributed by atoms with Gasteiger partial charge in [-0.15, -0.1) is 24.0 Å². The number of guanidine groups is 1. The standard InChI is InChI=1S/C16H27N5O3S.HI/c1-4-5-10-18-16(20-12-15(22)21(2)3)19-11-13-6-8-14(9-7-13)25(17,23)24;/h6-9H,4-5,10-12H2,1-3H3,(H2,17,23,24)(H2,18,19,20);1H. The van der Waals surface area contributed by atoms with Gasteiger partial charge < -0.3 is 15.5 Å². The van der Waals surface area contributed by atoms with Crippen molar-refractivity contribution in [3.05, 3.63) is 29.8 Å². The largest absolute Gasteiger partial charge is 0.356 e. The van der Waals surface area contributed by atoms with Crippen LogP contribution in [0.3, 0.4) is 0 Å². The fourth-order valence-corrected chi connectivity index (χ4v) is 2.35. The maximum Gasteiger partial charge on any atom is 0.241 e. The van der Waals surface area contributed by atoms with E-state index in [9.17, 15) is 13.2 Å². The van der Waals surface area contributed by atoms with Gasteiger partial charge in [0.1, 0.15) is 0 Å². The zero-order valence-corrected chi connectivity index (χ0v) is 18.5. The van der Waals surface area contributed by atoms with Crippen molar-refractivity contribution in [2.24, 2.45) is 10.1 Å². The first kappa shape index (κ1) is 24.6. The van der Waals surface area contributed by atoms with Crippen molar-refractivity contribution in [2.75, 3.05) is 27.2 Å². The van der Waals surface area contributed by atoms with Crippen molar-refractivity contribution in [3.63, 3.8) is 0 Å². The minimum Gasteiger partial charge on any atom is -0.356 e. The minimum absolute atomic E-state index is 0. The van der Waals surface area contributed by atoms with Crippen molar-refractivity contribution in [3.8, 4) is 0 Å². The number of hydrogen-bond acceptors (Lipinski definition) is 4. The van der Waals surface area contributed by atoms with Gasteiger partial charge in [0.25, 0.3) is 0 Å². The lowest BCUT2D eigenvalue weighted by atomic mass is 10.2. The van der Waals surface area contributed by atoms with Crippen LogP contribution in [0, 0.1) is 0 Å². The molecule has 0 aromatic heterocycles. The lowest BCUT2D eigenvalue weighted by Gasteiger charge is -2.15. The van der Waals surface area contributed by atoms with Crippen molar-refractivity contribution in [2.45, 2.75) is 31.2 Å². The molecule has 0 fully saturated rings. The Bertz CT molecular complexity index is 690. The Morgan fingerprint density at radius 2 is 1.81 bits per heavy atom. The number of hydrogen-bond donors (Lipinski definition) is 3. The molecule has 0 aliphatic carbocycles. The number of carbonyl (C=O) groups is 1. The summed E-state index contributed by atoms with van der Waals surface area (Å²) < 4.78 is 22.5. The third-order valence-corrected chi connectivity index (χ3v) is 4.33. The summed E-state index contributed by atoms with van der Waals surface area (Å²) >= 11 is 0. The summed E-state index contributed by atoms with van der Waals surface area (Å²) in [6, 6.07) is 6.23. The molecule has 1 aromatic rings. The molecule has 0 unspecified atom stereocenters. The number of carbonyl (C=O) groups excluding carboxylic acids is 1. The van der Waals surface area contributed by atoms with Crippen LogP contribution >= 0.6 is 24.0 Å². The molecule has 148 valence electrons. The van der Waals surface area contributed by atoms with Gasteiger partial charge in [0.15, 0.2) is 5.96 Å². The van der Waals surface area contributed by atoms with E-state index in [1.807, 2.05) is 0 Å². The zero-order valence-electron chi connectivity index (χ0n) is 15.4. The molecular formula is C16H28IN5O3S. The third kappa shape index (κ3) is 9.34. The lowest BCUT2D eigenvalue weighted by Crippen LogP contribution is -2.43. The first-order valence-corrected chi connectivity index (χ1v) is 9.62. The average Bonchev–Trinajstić information content (AvgIpc) is 2.56. The van der Waals surface area contributed by atoms with Gasteiger partial charge in [0.05, 0.1) is 18.0 Å². The van der Waals surface area contributed by atoms with Gasteiger partial charge in [-0.1, -0.05) is 25.5 Å². The number of benzene rings is 1. The zero-order chi connectivity index (χ0) is 18.9. The summed E-state index contributed by atoms with van der Waals surface area (Å²) in [6.45, 7) is 3.34. The minimum atomic E-state index is -3.69. The highest BCUT2D eigenvalue weighted by Gasteiger charge is 2.08. The number of amides is 1. The molecular weight excluding hydrogens is 469 g/mol. The van der Waals surface area contributed by atoms with Crippen molar-refractivity contribution in [1.82, 2.24) is 15.5 Å². The number of primary sulfonamides is 1. The number of nitrogens with one attached hydrogen (secondary N) is 2. The summed E-state index contributed by atoms with van der Waals surface area (Å²) in [5.74, 6) is 0.488. The molecule has 8 nitrogen and oxygen atoms in total. The number of nitrogens with two attached hydrogens (primary N) is 1. The number of unbranched alkanes of at least 4 members (excludes halogenated alkanes) is 1. The summed E-state index contributed by atoms with van der Waals surface area (Å²) in [6.07, 6.45) is 2.04. The van der Waals surface area contributed by atoms with E-state index in [2.05, 4.69) is 22.5 Å². The second-order valence-electron chi connectivity index (χ2n) is 5.78. The van der Waals surface area contributed by atoms with Crippen LogP contribution in [-0.4, -0.2) is 52.4 Å². The van der Waals surface area contributed by atoms with Crippen LogP contribution in [0.15, 0.2) is 34.2 Å². The Balaban J connectivity index is 0.00000625. The van der Waals surface area contributed by atoms with E-state index in [0.717, 1.165) is 24.9 Å². The molecule has 0 spiro atoms. The topological polar surface area (TPSA) is 117 Å². The van der Waals surface area contributed by atoms with Gasteiger partial charge in [-0.3, -0.25) is 4.79 Å². The van der Waals surface area contributed by atoms with Crippen LogP contribution in [0.25, 0.3) is 0 Å². The van der Waals surface area contributed by atoms with Crippen molar-refractivity contribution >= 4 is 45.9 Å². The molecule has 0 heterocycles. The van der Waals surface area contributed by atoms with E-state index in [1.54, 1.807) is 26.2 Å². The van der Waals surface area contributed by atoms with E-state index >= 15 is 0 Å². The fraction of sp³-hybridized carbons (Fsp3) is 0.500. The predicted molar refractivity (Wildman–Crippen MR) is 114 cm³/mol. The van der Waals surface area contributed by atoms with E-state index in [0.29, 0.717) is 12.5 Å². The number of likely N-dealkylation sites (N-methyl/N-ethyl adjacent to an activating group) is 1. The number of rotatable bonds is 8. The molecule has 0 saturated heterocycles. The first-order chi connectivity index (χ1) is 11.7. The number of nitrogens with zero attached hydrogens (tertiary/aromatic N) is 2. The van der Waals surface area contributed by atoms with Gasteiger partial charge in [-0.05, 0) is 24.1 Å². The number of aliphatic imine (C=N–C) groups is 1. The van der Waals surface area contributed by atoms with Gasteiger partial charge in [-0.2, -0.15) is 0 Å². The molecule has 0 atom stereocenters. The molecule has 0 aliphatic rings. The first-order valence-electron chi connectivity index (χ1n) is 8.08.